The molecule has 2 aromatic carbocycles. The van der Waals surface area contributed by atoms with Crippen molar-refractivity contribution in [3.05, 3.63) is 65.7 Å². The Morgan fingerprint density at radius 1 is 0.879 bits per heavy atom. The van der Waals surface area contributed by atoms with Gasteiger partial charge in [-0.2, -0.15) is 0 Å². The van der Waals surface area contributed by atoms with Gasteiger partial charge in [0.1, 0.15) is 0 Å². The maximum atomic E-state index is 13.1. The van der Waals surface area contributed by atoms with Crippen molar-refractivity contribution in [2.75, 3.05) is 13.1 Å². The third-order valence-corrected chi connectivity index (χ3v) is 8.39. The average molecular weight is 469 g/mol. The van der Waals surface area contributed by atoms with E-state index in [0.717, 1.165) is 25.7 Å². The second-order valence-electron chi connectivity index (χ2n) is 9.20. The lowest BCUT2D eigenvalue weighted by Crippen LogP contribution is -2.47. The van der Waals surface area contributed by atoms with Gasteiger partial charge in [-0.25, -0.2) is 8.42 Å². The highest BCUT2D eigenvalue weighted by Gasteiger charge is 2.30. The number of hydrogen-bond donors (Lipinski definition) is 1. The quantitative estimate of drug-likeness (QED) is 0.696. The Morgan fingerprint density at radius 3 is 2.27 bits per heavy atom. The Balaban J connectivity index is 1.36. The summed E-state index contributed by atoms with van der Waals surface area (Å²) in [4.78, 5) is 27.9. The summed E-state index contributed by atoms with van der Waals surface area (Å²) in [6, 6.07) is 15.4. The summed E-state index contributed by atoms with van der Waals surface area (Å²) >= 11 is 0. The molecule has 0 aromatic heterocycles. The number of carbonyl (C=O) groups is 2. The molecule has 1 saturated heterocycles. The van der Waals surface area contributed by atoms with Crippen LogP contribution in [0.15, 0.2) is 59.5 Å². The molecule has 1 heterocycles. The monoisotopic (exact) mass is 468 g/mol. The first kappa shape index (κ1) is 23.5. The molecule has 1 unspecified atom stereocenters. The normalized spacial score (nSPS) is 19.8. The van der Waals surface area contributed by atoms with Crippen LogP contribution in [0.3, 0.4) is 0 Å². The van der Waals surface area contributed by atoms with E-state index in [2.05, 4.69) is 5.32 Å². The number of nitrogens with one attached hydrogen (secondary N) is 1. The maximum Gasteiger partial charge on any atom is 0.253 e. The fourth-order valence-electron chi connectivity index (χ4n) is 4.80. The molecule has 2 fully saturated rings. The highest BCUT2D eigenvalue weighted by Crippen LogP contribution is 2.22. The van der Waals surface area contributed by atoms with E-state index in [1.54, 1.807) is 59.5 Å². The Labute approximate surface area is 196 Å². The molecule has 1 N–H and O–H groups in total. The average Bonchev–Trinajstić information content (AvgIpc) is 2.85. The Kier molecular flexibility index (Phi) is 7.48. The molecule has 0 radical (unpaired) electrons. The number of rotatable bonds is 6. The van der Waals surface area contributed by atoms with Crippen molar-refractivity contribution in [3.63, 3.8) is 0 Å². The highest BCUT2D eigenvalue weighted by atomic mass is 32.2. The lowest BCUT2D eigenvalue weighted by Gasteiger charge is -2.33. The van der Waals surface area contributed by atoms with E-state index >= 15 is 0 Å². The number of sulfone groups is 1. The van der Waals surface area contributed by atoms with Gasteiger partial charge in [0, 0.05) is 24.7 Å². The smallest absolute Gasteiger partial charge is 0.253 e. The van der Waals surface area contributed by atoms with Crippen LogP contribution in [0.4, 0.5) is 0 Å². The second kappa shape index (κ2) is 10.5. The van der Waals surface area contributed by atoms with Gasteiger partial charge in [0.25, 0.3) is 5.91 Å². The van der Waals surface area contributed by atoms with Crippen molar-refractivity contribution in [2.24, 2.45) is 5.92 Å². The second-order valence-corrected chi connectivity index (χ2v) is 11.2. The van der Waals surface area contributed by atoms with E-state index in [1.807, 2.05) is 0 Å². The molecule has 1 saturated carbocycles. The number of benzene rings is 2. The Hall–Kier alpha value is -2.67. The van der Waals surface area contributed by atoms with Crippen LogP contribution in [0.5, 0.6) is 0 Å². The van der Waals surface area contributed by atoms with E-state index in [1.165, 1.54) is 19.3 Å². The molecule has 4 rings (SSSR count). The van der Waals surface area contributed by atoms with Crippen molar-refractivity contribution < 1.29 is 18.0 Å². The molecular weight excluding hydrogens is 436 g/mol. The van der Waals surface area contributed by atoms with Crippen LogP contribution >= 0.6 is 0 Å². The maximum absolute atomic E-state index is 13.1. The summed E-state index contributed by atoms with van der Waals surface area (Å²) in [5, 5.41) is 3.20. The zero-order valence-corrected chi connectivity index (χ0v) is 19.7. The number of nitrogens with zero attached hydrogens (tertiary/aromatic N) is 1. The van der Waals surface area contributed by atoms with Gasteiger partial charge < -0.3 is 10.2 Å². The number of likely N-dealkylation sites (tertiary alicyclic amines) is 1. The summed E-state index contributed by atoms with van der Waals surface area (Å²) in [7, 11) is -3.44. The number of amides is 2. The van der Waals surface area contributed by atoms with E-state index in [9.17, 15) is 18.0 Å². The van der Waals surface area contributed by atoms with E-state index in [4.69, 9.17) is 0 Å². The van der Waals surface area contributed by atoms with Crippen molar-refractivity contribution in [2.45, 2.75) is 61.6 Å². The van der Waals surface area contributed by atoms with Crippen molar-refractivity contribution in [3.8, 4) is 0 Å². The summed E-state index contributed by atoms with van der Waals surface area (Å²) < 4.78 is 25.2. The van der Waals surface area contributed by atoms with Gasteiger partial charge in [0.2, 0.25) is 5.91 Å². The van der Waals surface area contributed by atoms with Crippen molar-refractivity contribution >= 4 is 21.7 Å². The van der Waals surface area contributed by atoms with Gasteiger partial charge in [-0.15, -0.1) is 0 Å². The van der Waals surface area contributed by atoms with E-state index in [0.29, 0.717) is 24.2 Å². The Morgan fingerprint density at radius 2 is 1.58 bits per heavy atom. The van der Waals surface area contributed by atoms with Crippen LogP contribution in [-0.4, -0.2) is 44.3 Å². The lowest BCUT2D eigenvalue weighted by atomic mass is 9.92. The standard InChI is InChI=1S/C26H32N2O4S/c29-25(27-23-9-3-1-4-10-23)22-8-7-17-28(18-22)26(30)21-15-13-20(14-16-21)19-33(31,32)24-11-5-2-6-12-24/h2,5-6,11-16,22-23H,1,3-4,7-10,17-19H2,(H,27,29). The van der Waals surface area contributed by atoms with Gasteiger partial charge in [-0.3, -0.25) is 9.59 Å². The molecule has 176 valence electrons. The van der Waals surface area contributed by atoms with Gasteiger partial charge >= 0.3 is 0 Å². The van der Waals surface area contributed by atoms with Crippen LogP contribution in [-0.2, 0) is 20.4 Å². The van der Waals surface area contributed by atoms with Crippen LogP contribution in [0.1, 0.15) is 60.9 Å². The van der Waals surface area contributed by atoms with Crippen LogP contribution in [0.25, 0.3) is 0 Å². The summed E-state index contributed by atoms with van der Waals surface area (Å²) in [5.74, 6) is -0.318. The molecule has 33 heavy (non-hydrogen) atoms. The summed E-state index contributed by atoms with van der Waals surface area (Å²) in [5.41, 5.74) is 1.16. The molecule has 6 nitrogen and oxygen atoms in total. The van der Waals surface area contributed by atoms with Crippen molar-refractivity contribution in [1.82, 2.24) is 10.2 Å². The molecule has 1 aliphatic heterocycles. The molecule has 2 aromatic rings. The molecule has 0 spiro atoms. The fourth-order valence-corrected chi connectivity index (χ4v) is 6.17. The third-order valence-electron chi connectivity index (χ3n) is 6.69. The first-order valence-electron chi connectivity index (χ1n) is 11.9. The fraction of sp³-hybridized carbons (Fsp3) is 0.462. The SMILES string of the molecule is O=C(NC1CCCCC1)C1CCCN(C(=O)c2ccc(CS(=O)(=O)c3ccccc3)cc2)C1. The van der Waals surface area contributed by atoms with Crippen LogP contribution in [0.2, 0.25) is 0 Å². The highest BCUT2D eigenvalue weighted by molar-refractivity contribution is 7.90. The third kappa shape index (κ3) is 6.02. The molecular formula is C26H32N2O4S. The topological polar surface area (TPSA) is 83.6 Å². The van der Waals surface area contributed by atoms with Crippen LogP contribution in [0, 0.1) is 5.92 Å². The number of hydrogen-bond acceptors (Lipinski definition) is 4. The number of carbonyl (C=O) groups excluding carboxylic acids is 2. The van der Waals surface area contributed by atoms with Crippen LogP contribution < -0.4 is 5.32 Å². The van der Waals surface area contributed by atoms with Gasteiger partial charge in [0.05, 0.1) is 16.6 Å². The molecule has 2 aliphatic rings. The minimum Gasteiger partial charge on any atom is -0.353 e. The largest absolute Gasteiger partial charge is 0.353 e. The van der Waals surface area contributed by atoms with Gasteiger partial charge in [-0.05, 0) is 55.5 Å². The van der Waals surface area contributed by atoms with Gasteiger partial charge in [0.15, 0.2) is 9.84 Å². The van der Waals surface area contributed by atoms with Crippen molar-refractivity contribution in [1.29, 1.82) is 0 Å². The predicted molar refractivity (Wildman–Crippen MR) is 127 cm³/mol. The molecule has 2 amide bonds. The Bertz CT molecular complexity index is 1060. The molecule has 7 heteroatoms. The molecule has 1 atom stereocenters. The first-order valence-corrected chi connectivity index (χ1v) is 13.5. The lowest BCUT2D eigenvalue weighted by molar-refractivity contribution is -0.127. The summed E-state index contributed by atoms with van der Waals surface area (Å²) in [6.07, 6.45) is 7.29. The summed E-state index contributed by atoms with van der Waals surface area (Å²) in [6.45, 7) is 1.07. The first-order chi connectivity index (χ1) is 15.9. The zero-order valence-electron chi connectivity index (χ0n) is 18.9. The molecule has 0 bridgehead atoms. The minimum atomic E-state index is -3.44. The zero-order chi connectivity index (χ0) is 23.3. The minimum absolute atomic E-state index is 0.0702. The number of piperidine rings is 1. The molecule has 1 aliphatic carbocycles. The van der Waals surface area contributed by atoms with Gasteiger partial charge in [-0.1, -0.05) is 49.6 Å². The van der Waals surface area contributed by atoms with E-state index in [-0.39, 0.29) is 34.4 Å². The predicted octanol–water partition coefficient (Wildman–Crippen LogP) is 3.96. The van der Waals surface area contributed by atoms with E-state index < -0.39 is 9.84 Å².